The van der Waals surface area contributed by atoms with E-state index in [-0.39, 0.29) is 38.6 Å². The molecule has 2 atom stereocenters. The van der Waals surface area contributed by atoms with Crippen LogP contribution in [-0.4, -0.2) is 82.3 Å². The number of likely N-dealkylation sites (N-methyl/N-ethyl adjacent to an activating group) is 1. The molecule has 0 rings (SSSR count). The number of unbranched alkanes of at least 4 members (excludes halogenated alkanes) is 23. The summed E-state index contributed by atoms with van der Waals surface area (Å²) >= 11 is 0. The Morgan fingerprint density at radius 2 is 0.761 bits per heavy atom. The summed E-state index contributed by atoms with van der Waals surface area (Å²) in [6.45, 7) is 4.51. The average molecular weight is 995 g/mol. The minimum absolute atomic E-state index is 0.142. The van der Waals surface area contributed by atoms with Crippen LogP contribution in [0.1, 0.15) is 232 Å². The van der Waals surface area contributed by atoms with Crippen molar-refractivity contribution in [2.75, 3.05) is 47.5 Å². The van der Waals surface area contributed by atoms with Crippen LogP contribution < -0.4 is 5.11 Å². The maximum atomic E-state index is 12.9. The number of aliphatic carboxylic acids is 1. The maximum Gasteiger partial charge on any atom is 0.306 e. The summed E-state index contributed by atoms with van der Waals surface area (Å²) < 4.78 is 22.7. The molecule has 0 spiro atoms. The van der Waals surface area contributed by atoms with Crippen LogP contribution in [-0.2, 0) is 33.3 Å². The van der Waals surface area contributed by atoms with E-state index in [1.54, 1.807) is 0 Å². The van der Waals surface area contributed by atoms with E-state index >= 15 is 0 Å². The van der Waals surface area contributed by atoms with Crippen molar-refractivity contribution >= 4 is 17.9 Å². The first-order valence-corrected chi connectivity index (χ1v) is 28.7. The summed E-state index contributed by atoms with van der Waals surface area (Å²) in [4.78, 5) is 37.2. The van der Waals surface area contributed by atoms with Gasteiger partial charge in [-0.3, -0.25) is 9.59 Å². The Morgan fingerprint density at radius 3 is 1.13 bits per heavy atom. The van der Waals surface area contributed by atoms with Gasteiger partial charge >= 0.3 is 11.9 Å². The third-order valence-electron chi connectivity index (χ3n) is 12.1. The molecule has 0 bridgehead atoms. The highest BCUT2D eigenvalue weighted by Crippen LogP contribution is 2.16. The van der Waals surface area contributed by atoms with Crippen molar-refractivity contribution in [1.82, 2.24) is 0 Å². The number of nitrogens with zero attached hydrogens (tertiary/aromatic N) is 1. The third-order valence-corrected chi connectivity index (χ3v) is 12.1. The van der Waals surface area contributed by atoms with Gasteiger partial charge < -0.3 is 33.3 Å². The van der Waals surface area contributed by atoms with Crippen LogP contribution in [0, 0.1) is 0 Å². The largest absolute Gasteiger partial charge is 0.545 e. The van der Waals surface area contributed by atoms with Gasteiger partial charge in [0.05, 0.1) is 40.3 Å². The lowest BCUT2D eigenvalue weighted by Gasteiger charge is -2.26. The molecule has 0 aromatic rings. The van der Waals surface area contributed by atoms with Gasteiger partial charge in [-0.25, -0.2) is 0 Å². The molecule has 0 saturated carbocycles. The van der Waals surface area contributed by atoms with Crippen molar-refractivity contribution in [3.05, 3.63) is 85.1 Å². The van der Waals surface area contributed by atoms with Gasteiger partial charge in [-0.05, 0) is 83.5 Å². The first-order valence-electron chi connectivity index (χ1n) is 28.7. The second-order valence-corrected chi connectivity index (χ2v) is 20.2. The lowest BCUT2D eigenvalue weighted by atomic mass is 10.0. The number of quaternary nitrogens is 1. The zero-order valence-corrected chi connectivity index (χ0v) is 46.3. The fourth-order valence-corrected chi connectivity index (χ4v) is 7.78. The number of ether oxygens (including phenoxy) is 4. The molecule has 2 unspecified atom stereocenters. The van der Waals surface area contributed by atoms with Gasteiger partial charge in [0.25, 0.3) is 0 Å². The molecule has 71 heavy (non-hydrogen) atoms. The number of carboxylic acid groups (broad SMARTS) is 1. The molecule has 408 valence electrons. The number of hydrogen-bond donors (Lipinski definition) is 0. The first-order chi connectivity index (χ1) is 34.6. The molecule has 0 aromatic heterocycles. The molecule has 0 radical (unpaired) electrons. The Hall–Kier alpha value is -3.53. The normalized spacial score (nSPS) is 13.4. The molecular weight excluding hydrogens is 887 g/mol. The zero-order valence-electron chi connectivity index (χ0n) is 46.3. The smallest absolute Gasteiger partial charge is 0.306 e. The van der Waals surface area contributed by atoms with Crippen LogP contribution in [0.2, 0.25) is 0 Å². The van der Waals surface area contributed by atoms with E-state index in [9.17, 15) is 19.5 Å². The van der Waals surface area contributed by atoms with Crippen molar-refractivity contribution in [3.63, 3.8) is 0 Å². The third kappa shape index (κ3) is 54.1. The molecule has 0 aliphatic rings. The summed E-state index contributed by atoms with van der Waals surface area (Å²) in [5.41, 5.74) is 0. The van der Waals surface area contributed by atoms with Crippen molar-refractivity contribution in [1.29, 1.82) is 0 Å². The number of rotatable bonds is 52. The van der Waals surface area contributed by atoms with Gasteiger partial charge in [0, 0.05) is 12.8 Å². The van der Waals surface area contributed by atoms with Gasteiger partial charge in [-0.1, -0.05) is 221 Å². The van der Waals surface area contributed by atoms with Crippen molar-refractivity contribution in [3.8, 4) is 0 Å². The molecule has 0 heterocycles. The van der Waals surface area contributed by atoms with Gasteiger partial charge in [0.1, 0.15) is 13.2 Å². The van der Waals surface area contributed by atoms with Crippen LogP contribution in [0.4, 0.5) is 0 Å². The molecule has 9 nitrogen and oxygen atoms in total. The average Bonchev–Trinajstić information content (AvgIpc) is 3.34. The van der Waals surface area contributed by atoms with Gasteiger partial charge in [-0.2, -0.15) is 0 Å². The van der Waals surface area contributed by atoms with Crippen molar-refractivity contribution < 1.29 is 42.9 Å². The lowest BCUT2D eigenvalue weighted by molar-refractivity contribution is -0.870. The van der Waals surface area contributed by atoms with E-state index in [2.05, 4.69) is 98.9 Å². The van der Waals surface area contributed by atoms with E-state index in [0.29, 0.717) is 17.4 Å². The molecule has 0 aliphatic carbocycles. The molecular formula is C62H107NO8. The Labute approximate surface area is 436 Å². The Balaban J connectivity index is 4.15. The second-order valence-electron chi connectivity index (χ2n) is 20.2. The highest BCUT2D eigenvalue weighted by Gasteiger charge is 2.22. The summed E-state index contributed by atoms with van der Waals surface area (Å²) in [6, 6.07) is 0. The topological polar surface area (TPSA) is 111 Å². The van der Waals surface area contributed by atoms with E-state index < -0.39 is 24.3 Å². The molecule has 0 amide bonds. The quantitative estimate of drug-likeness (QED) is 0.0195. The van der Waals surface area contributed by atoms with Crippen LogP contribution in [0.5, 0.6) is 0 Å². The zero-order chi connectivity index (χ0) is 52.0. The predicted octanol–water partition coefficient (Wildman–Crippen LogP) is 15.5. The van der Waals surface area contributed by atoms with Gasteiger partial charge in [0.2, 0.25) is 0 Å². The van der Waals surface area contributed by atoms with E-state index in [4.69, 9.17) is 18.9 Å². The number of carboxylic acids is 1. The Morgan fingerprint density at radius 1 is 0.423 bits per heavy atom. The maximum absolute atomic E-state index is 12.9. The summed E-state index contributed by atoms with van der Waals surface area (Å²) in [6.07, 6.45) is 66.4. The number of carbonyl (C=O) groups is 3. The number of carbonyl (C=O) groups excluding carboxylic acids is 3. The van der Waals surface area contributed by atoms with E-state index in [0.717, 1.165) is 103 Å². The minimum Gasteiger partial charge on any atom is -0.545 e. The van der Waals surface area contributed by atoms with Gasteiger partial charge in [-0.15, -0.1) is 0 Å². The van der Waals surface area contributed by atoms with Crippen LogP contribution in [0.3, 0.4) is 0 Å². The Kier molecular flexibility index (Phi) is 50.2. The fourth-order valence-electron chi connectivity index (χ4n) is 7.78. The monoisotopic (exact) mass is 994 g/mol. The second kappa shape index (κ2) is 52.8. The summed E-state index contributed by atoms with van der Waals surface area (Å²) in [7, 11) is 5.91. The van der Waals surface area contributed by atoms with Gasteiger partial charge in [0.15, 0.2) is 12.4 Å². The number of hydrogen-bond acceptors (Lipinski definition) is 8. The summed E-state index contributed by atoms with van der Waals surface area (Å²) in [5, 5.41) is 11.8. The fraction of sp³-hybridized carbons (Fsp3) is 0.726. The van der Waals surface area contributed by atoms with E-state index in [1.165, 1.54) is 96.3 Å². The predicted molar refractivity (Wildman–Crippen MR) is 297 cm³/mol. The highest BCUT2D eigenvalue weighted by atomic mass is 16.7. The molecule has 9 heteroatoms. The van der Waals surface area contributed by atoms with Crippen LogP contribution in [0.15, 0.2) is 85.1 Å². The molecule has 0 saturated heterocycles. The molecule has 0 fully saturated rings. The van der Waals surface area contributed by atoms with Crippen molar-refractivity contribution in [2.45, 2.75) is 245 Å². The summed E-state index contributed by atoms with van der Waals surface area (Å²) in [5.74, 6) is -2.31. The first kappa shape index (κ1) is 67.5. The Bertz CT molecular complexity index is 1440. The number of allylic oxidation sites excluding steroid dienone is 14. The van der Waals surface area contributed by atoms with Crippen LogP contribution in [0.25, 0.3) is 0 Å². The SMILES string of the molecule is CC/C=C\C/C=C\C/C=C\C/C=C\CCCCCCCCCCCCCCCCCCCCC(=O)OC(COC(=O)CCCCCCC/C=C\C/C=C\C/C=C\CC)COC(OCC[N+](C)(C)C)C(=O)[O-]. The lowest BCUT2D eigenvalue weighted by Crippen LogP contribution is -2.44. The standard InChI is InChI=1S/C62H107NO8/c1-6-8-10-12-14-16-18-20-22-23-24-25-26-27-28-29-30-31-32-33-34-35-36-37-39-41-43-45-47-49-51-53-60(65)71-58(57-70-62(61(66)67)68-55-54-63(3,4)5)56-69-59(64)52-50-48-46-44-42-40-38-21-19-17-15-13-11-9-7-2/h8-11,14-17,20-22,24-25,38,58,62H,6-7,12-13,18-19,23,26-37,39-57H2,1-5H3/b10-8-,11-9-,16-14-,17-15-,22-20-,25-24-,38-21-. The molecule has 0 N–H and O–H groups in total. The minimum atomic E-state index is -1.63. The number of esters is 2. The molecule has 0 aliphatic heterocycles. The molecule has 0 aromatic carbocycles. The van der Waals surface area contributed by atoms with Crippen LogP contribution >= 0.6 is 0 Å². The highest BCUT2D eigenvalue weighted by molar-refractivity contribution is 5.70. The van der Waals surface area contributed by atoms with Crippen molar-refractivity contribution in [2.24, 2.45) is 0 Å². The van der Waals surface area contributed by atoms with E-state index in [1.807, 2.05) is 21.1 Å².